The molecule has 0 amide bonds. The molecule has 0 fully saturated rings. The van der Waals surface area contributed by atoms with Gasteiger partial charge in [-0.05, 0) is 48.2 Å². The number of halogens is 3. The van der Waals surface area contributed by atoms with Crippen LogP contribution in [-0.4, -0.2) is 11.1 Å². The van der Waals surface area contributed by atoms with Crippen LogP contribution in [0.25, 0.3) is 0 Å². The molecule has 1 aliphatic rings. The van der Waals surface area contributed by atoms with Gasteiger partial charge in [0.25, 0.3) is 10.9 Å². The minimum atomic E-state index is -1.41. The number of nitrogens with one attached hydrogen (secondary N) is 2. The molecular weight excluding hydrogens is 544 g/mol. The van der Waals surface area contributed by atoms with Crippen molar-refractivity contribution in [3.8, 4) is 0 Å². The van der Waals surface area contributed by atoms with Gasteiger partial charge < -0.3 is 25.1 Å². The van der Waals surface area contributed by atoms with E-state index in [1.807, 2.05) is 39.8 Å². The van der Waals surface area contributed by atoms with E-state index < -0.39 is 40.1 Å². The number of aromatic carboxylic acids is 1. The predicted molar refractivity (Wildman–Crippen MR) is 149 cm³/mol. The lowest BCUT2D eigenvalue weighted by Gasteiger charge is -2.31. The van der Waals surface area contributed by atoms with Gasteiger partial charge in [-0.25, -0.2) is 13.6 Å². The second-order valence-corrected chi connectivity index (χ2v) is 11.3. The first-order valence-corrected chi connectivity index (χ1v) is 12.8. The molecule has 5 rings (SSSR count). The van der Waals surface area contributed by atoms with Crippen LogP contribution in [0.1, 0.15) is 59.8 Å². The number of anilines is 4. The van der Waals surface area contributed by atoms with E-state index in [4.69, 9.17) is 16.0 Å². The Balaban J connectivity index is 1.48. The number of carboxylic acid groups (broad SMARTS) is 1. The molecule has 208 valence electrons. The van der Waals surface area contributed by atoms with E-state index in [2.05, 4.69) is 10.6 Å². The van der Waals surface area contributed by atoms with Crippen molar-refractivity contribution in [3.05, 3.63) is 102 Å². The number of aryl methyl sites for hydroxylation is 1. The zero-order chi connectivity index (χ0) is 29.1. The molecule has 11 heteroatoms. The summed E-state index contributed by atoms with van der Waals surface area (Å²) < 4.78 is 33.7. The van der Waals surface area contributed by atoms with E-state index >= 15 is 0 Å². The van der Waals surface area contributed by atoms with Gasteiger partial charge in [0.05, 0.1) is 17.3 Å². The van der Waals surface area contributed by atoms with Gasteiger partial charge in [-0.1, -0.05) is 32.4 Å². The first-order valence-electron chi connectivity index (χ1n) is 12.5. The number of fused-ring (bicyclic) bond motifs is 1. The van der Waals surface area contributed by atoms with Gasteiger partial charge in [-0.3, -0.25) is 9.59 Å². The molecule has 8 nitrogen and oxygen atoms in total. The van der Waals surface area contributed by atoms with Gasteiger partial charge in [-0.15, -0.1) is 0 Å². The van der Waals surface area contributed by atoms with Crippen molar-refractivity contribution in [2.45, 2.75) is 46.8 Å². The first-order chi connectivity index (χ1) is 18.8. The lowest BCUT2D eigenvalue weighted by molar-refractivity contribution is 0.0696. The predicted octanol–water partition coefficient (Wildman–Crippen LogP) is 6.28. The molecule has 3 N–H and O–H groups in total. The second-order valence-electron chi connectivity index (χ2n) is 10.9. The van der Waals surface area contributed by atoms with Crippen LogP contribution in [0, 0.1) is 24.0 Å². The van der Waals surface area contributed by atoms with Crippen LogP contribution >= 0.6 is 11.6 Å². The Labute approximate surface area is 232 Å². The quantitative estimate of drug-likeness (QED) is 0.223. The van der Waals surface area contributed by atoms with Crippen molar-refractivity contribution in [3.63, 3.8) is 0 Å². The van der Waals surface area contributed by atoms with Crippen molar-refractivity contribution in [2.75, 3.05) is 15.5 Å². The summed E-state index contributed by atoms with van der Waals surface area (Å²) in [6.07, 6.45) is 0. The molecule has 0 spiro atoms. The van der Waals surface area contributed by atoms with E-state index in [0.717, 1.165) is 6.07 Å². The van der Waals surface area contributed by atoms with Crippen LogP contribution in [-0.2, 0) is 13.1 Å². The van der Waals surface area contributed by atoms with Gasteiger partial charge in [0, 0.05) is 35.4 Å². The lowest BCUT2D eigenvalue weighted by atomic mass is 9.85. The average Bonchev–Trinajstić information content (AvgIpc) is 3.52. The van der Waals surface area contributed by atoms with E-state index in [9.17, 15) is 28.3 Å². The number of carbonyl (C=O) groups is 1. The Kier molecular flexibility index (Phi) is 6.70. The normalized spacial score (nSPS) is 13.9. The van der Waals surface area contributed by atoms with Crippen molar-refractivity contribution >= 4 is 40.3 Å². The van der Waals surface area contributed by atoms with Gasteiger partial charge in [-0.2, -0.15) is 0 Å². The van der Waals surface area contributed by atoms with Crippen molar-refractivity contribution in [1.82, 2.24) is 0 Å². The topological polar surface area (TPSA) is 112 Å². The number of furan rings is 1. The van der Waals surface area contributed by atoms with Gasteiger partial charge in [0.1, 0.15) is 22.9 Å². The van der Waals surface area contributed by atoms with Gasteiger partial charge in [0.15, 0.2) is 11.6 Å². The molecule has 1 aliphatic heterocycles. The zero-order valence-corrected chi connectivity index (χ0v) is 22.9. The fraction of sp³-hybridized carbons (Fsp3) is 0.276. The van der Waals surface area contributed by atoms with Crippen LogP contribution in [0.4, 0.5) is 31.5 Å². The Morgan fingerprint density at radius 3 is 2.30 bits per heavy atom. The minimum absolute atomic E-state index is 0.0113. The summed E-state index contributed by atoms with van der Waals surface area (Å²) >= 11 is 6.45. The second kappa shape index (κ2) is 9.78. The molecule has 2 heterocycles. The Morgan fingerprint density at radius 2 is 1.68 bits per heavy atom. The highest BCUT2D eigenvalue weighted by atomic mass is 35.5. The maximum Gasteiger partial charge on any atom is 0.337 e. The minimum Gasteiger partial charge on any atom is -0.478 e. The van der Waals surface area contributed by atoms with Crippen LogP contribution in [0.15, 0.2) is 50.4 Å². The highest BCUT2D eigenvalue weighted by Crippen LogP contribution is 2.41. The maximum absolute atomic E-state index is 14.1. The summed E-state index contributed by atoms with van der Waals surface area (Å²) in [6, 6.07) is 7.96. The standard InChI is InChI=1S/C29H26ClF2N3O5/c1-13-5-8-22(40-13)27(29(2,3)4)34-24-23(25(36)26(24)37)33-20-7-6-17(30)15-11-35(12-16(15)20)21-10-19(32)18(31)9-14(21)28(38)39/h5-10,27,33-34H,11-12H2,1-4H3,(H,38,39)/t27-/m0/s1. The van der Waals surface area contributed by atoms with Crippen molar-refractivity contribution < 1.29 is 23.1 Å². The fourth-order valence-corrected chi connectivity index (χ4v) is 5.20. The fourth-order valence-electron chi connectivity index (χ4n) is 4.96. The molecule has 1 aromatic heterocycles. The van der Waals surface area contributed by atoms with E-state index in [1.165, 1.54) is 0 Å². The third kappa shape index (κ3) is 4.72. The summed E-state index contributed by atoms with van der Waals surface area (Å²) in [7, 11) is 0. The average molecular weight is 570 g/mol. The van der Waals surface area contributed by atoms with Crippen molar-refractivity contribution in [2.24, 2.45) is 5.41 Å². The molecule has 0 saturated heterocycles. The smallest absolute Gasteiger partial charge is 0.337 e. The van der Waals surface area contributed by atoms with Crippen molar-refractivity contribution in [1.29, 1.82) is 0 Å². The SMILES string of the molecule is Cc1ccc([C@H](Nc2c(Nc3ccc(Cl)c4c3CN(c3cc(F)c(F)cc3C(=O)O)C4)c(=O)c2=O)C(C)(C)C)o1. The molecule has 0 radical (unpaired) electrons. The summed E-state index contributed by atoms with van der Waals surface area (Å²) in [5.74, 6) is -2.53. The summed E-state index contributed by atoms with van der Waals surface area (Å²) in [6.45, 7) is 7.97. The molecule has 0 aliphatic carbocycles. The maximum atomic E-state index is 14.1. The molecule has 1 atom stereocenters. The molecular formula is C29H26ClF2N3O5. The third-order valence-electron chi connectivity index (χ3n) is 7.05. The number of carboxylic acids is 1. The highest BCUT2D eigenvalue weighted by molar-refractivity contribution is 6.31. The lowest BCUT2D eigenvalue weighted by Crippen LogP contribution is -2.39. The third-order valence-corrected chi connectivity index (χ3v) is 7.41. The number of hydrogen-bond acceptors (Lipinski definition) is 7. The number of nitrogens with zero attached hydrogens (tertiary/aromatic N) is 1. The molecule has 3 aromatic carbocycles. The van der Waals surface area contributed by atoms with Crippen LogP contribution in [0.2, 0.25) is 5.02 Å². The largest absolute Gasteiger partial charge is 0.478 e. The first kappa shape index (κ1) is 27.4. The summed E-state index contributed by atoms with van der Waals surface area (Å²) in [5.41, 5.74) is -0.237. The van der Waals surface area contributed by atoms with E-state index in [1.54, 1.807) is 17.0 Å². The monoisotopic (exact) mass is 569 g/mol. The van der Waals surface area contributed by atoms with Crippen LogP contribution in [0.5, 0.6) is 0 Å². The van der Waals surface area contributed by atoms with E-state index in [0.29, 0.717) is 39.4 Å². The molecule has 0 unspecified atom stereocenters. The summed E-state index contributed by atoms with van der Waals surface area (Å²) in [4.78, 5) is 38.7. The number of rotatable bonds is 7. The molecule has 4 aromatic rings. The Morgan fingerprint density at radius 1 is 1.02 bits per heavy atom. The molecule has 0 bridgehead atoms. The summed E-state index contributed by atoms with van der Waals surface area (Å²) in [5, 5.41) is 16.2. The number of benzene rings is 2. The van der Waals surface area contributed by atoms with Crippen LogP contribution < -0.4 is 26.4 Å². The van der Waals surface area contributed by atoms with Gasteiger partial charge >= 0.3 is 5.97 Å². The highest BCUT2D eigenvalue weighted by Gasteiger charge is 2.34. The molecule has 0 saturated carbocycles. The molecule has 40 heavy (non-hydrogen) atoms. The van der Waals surface area contributed by atoms with Gasteiger partial charge in [0.2, 0.25) is 0 Å². The Hall–Kier alpha value is -4.18. The Bertz CT molecular complexity index is 1730. The van der Waals surface area contributed by atoms with E-state index in [-0.39, 0.29) is 35.6 Å². The zero-order valence-electron chi connectivity index (χ0n) is 22.1. The number of hydrogen-bond donors (Lipinski definition) is 3. The van der Waals surface area contributed by atoms with Crippen LogP contribution in [0.3, 0.4) is 0 Å².